The van der Waals surface area contributed by atoms with Crippen molar-refractivity contribution >= 4 is 5.97 Å². The predicted octanol–water partition coefficient (Wildman–Crippen LogP) is 0.743. The van der Waals surface area contributed by atoms with E-state index in [0.29, 0.717) is 12.8 Å². The highest BCUT2D eigenvalue weighted by atomic mass is 16.5. The number of rotatable bonds is 0. The smallest absolute Gasteiger partial charge is 0.317 e. The number of aliphatic hydroxyl groups excluding tert-OH is 2. The summed E-state index contributed by atoms with van der Waals surface area (Å²) in [6.45, 7) is 0. The van der Waals surface area contributed by atoms with Crippen LogP contribution < -0.4 is 0 Å². The molecule has 0 aromatic carbocycles. The number of carbonyl (C=O) groups excluding carboxylic acids is 1. The standard InChI is InChI=1S/C15H20O5/c16-7-1-3-11-8(5-7)9-6-19-15(18)14-10(17)2-4-12(20-11)13(9)14/h6-8,10-14,16-17H,1-5H2. The van der Waals surface area contributed by atoms with Crippen molar-refractivity contribution in [2.75, 3.05) is 0 Å². The third-order valence-corrected chi connectivity index (χ3v) is 5.45. The SMILES string of the molecule is O=C1OC=C2C3CC(O)CCC3OC3CCC(O)C1C23. The van der Waals surface area contributed by atoms with Crippen LogP contribution in [0.4, 0.5) is 0 Å². The monoisotopic (exact) mass is 280 g/mol. The minimum Gasteiger partial charge on any atom is -0.434 e. The van der Waals surface area contributed by atoms with E-state index in [9.17, 15) is 15.0 Å². The summed E-state index contributed by atoms with van der Waals surface area (Å²) in [5.41, 5.74) is 1.08. The van der Waals surface area contributed by atoms with Gasteiger partial charge in [0, 0.05) is 11.8 Å². The van der Waals surface area contributed by atoms with Gasteiger partial charge in [-0.15, -0.1) is 0 Å². The molecule has 0 aromatic heterocycles. The zero-order valence-corrected chi connectivity index (χ0v) is 11.3. The highest BCUT2D eigenvalue weighted by molar-refractivity contribution is 5.76. The first-order chi connectivity index (χ1) is 9.65. The topological polar surface area (TPSA) is 76.0 Å². The van der Waals surface area contributed by atoms with E-state index in [4.69, 9.17) is 9.47 Å². The molecule has 7 unspecified atom stereocenters. The van der Waals surface area contributed by atoms with Gasteiger partial charge < -0.3 is 19.7 Å². The lowest BCUT2D eigenvalue weighted by Gasteiger charge is -2.52. The Morgan fingerprint density at radius 2 is 1.85 bits per heavy atom. The minimum atomic E-state index is -0.638. The second-order valence-electron chi connectivity index (χ2n) is 6.54. The zero-order chi connectivity index (χ0) is 13.9. The number of fused-ring (bicyclic) bond motifs is 2. The van der Waals surface area contributed by atoms with Gasteiger partial charge in [0.15, 0.2) is 0 Å². The molecule has 110 valence electrons. The predicted molar refractivity (Wildman–Crippen MR) is 68.4 cm³/mol. The van der Waals surface area contributed by atoms with Crippen molar-refractivity contribution in [1.29, 1.82) is 0 Å². The van der Waals surface area contributed by atoms with Gasteiger partial charge in [-0.25, -0.2) is 0 Å². The van der Waals surface area contributed by atoms with E-state index in [1.165, 1.54) is 0 Å². The van der Waals surface area contributed by atoms with Gasteiger partial charge in [-0.3, -0.25) is 4.79 Å². The van der Waals surface area contributed by atoms with E-state index in [1.54, 1.807) is 6.26 Å². The molecule has 3 fully saturated rings. The zero-order valence-electron chi connectivity index (χ0n) is 11.3. The lowest BCUT2D eigenvalue weighted by molar-refractivity contribution is -0.182. The molecule has 5 nitrogen and oxygen atoms in total. The van der Waals surface area contributed by atoms with Crippen LogP contribution in [0.1, 0.15) is 32.1 Å². The van der Waals surface area contributed by atoms with Gasteiger partial charge in [0.25, 0.3) is 0 Å². The van der Waals surface area contributed by atoms with Crippen LogP contribution in [0.5, 0.6) is 0 Å². The summed E-state index contributed by atoms with van der Waals surface area (Å²) in [5, 5.41) is 20.1. The molecule has 2 N–H and O–H groups in total. The Morgan fingerprint density at radius 3 is 2.70 bits per heavy atom. The van der Waals surface area contributed by atoms with Crippen molar-refractivity contribution in [2.24, 2.45) is 17.8 Å². The van der Waals surface area contributed by atoms with Gasteiger partial charge >= 0.3 is 5.97 Å². The number of ether oxygens (including phenoxy) is 2. The average molecular weight is 280 g/mol. The van der Waals surface area contributed by atoms with Gasteiger partial charge in [-0.05, 0) is 37.7 Å². The summed E-state index contributed by atoms with van der Waals surface area (Å²) < 4.78 is 11.4. The molecule has 7 atom stereocenters. The van der Waals surface area contributed by atoms with Crippen LogP contribution in [-0.4, -0.2) is 40.6 Å². The molecule has 0 amide bonds. The lowest BCUT2D eigenvalue weighted by atomic mass is 9.63. The number of aliphatic hydroxyl groups is 2. The van der Waals surface area contributed by atoms with Crippen LogP contribution in [0.2, 0.25) is 0 Å². The first-order valence-corrected chi connectivity index (χ1v) is 7.57. The number of cyclic esters (lactones) is 1. The van der Waals surface area contributed by atoms with Crippen molar-refractivity contribution in [3.8, 4) is 0 Å². The van der Waals surface area contributed by atoms with Crippen LogP contribution in [0.25, 0.3) is 0 Å². The Hall–Kier alpha value is -0.910. The van der Waals surface area contributed by atoms with E-state index in [-0.39, 0.29) is 36.1 Å². The quantitative estimate of drug-likeness (QED) is 0.640. The fourth-order valence-corrected chi connectivity index (χ4v) is 4.52. The van der Waals surface area contributed by atoms with Crippen LogP contribution in [0, 0.1) is 17.8 Å². The van der Waals surface area contributed by atoms with Crippen LogP contribution in [-0.2, 0) is 14.3 Å². The van der Waals surface area contributed by atoms with E-state index >= 15 is 0 Å². The van der Waals surface area contributed by atoms with E-state index < -0.39 is 12.0 Å². The summed E-state index contributed by atoms with van der Waals surface area (Å²) in [5.74, 6) is -0.768. The van der Waals surface area contributed by atoms with Crippen molar-refractivity contribution in [2.45, 2.75) is 56.5 Å². The van der Waals surface area contributed by atoms with Crippen LogP contribution in [0.3, 0.4) is 0 Å². The maximum Gasteiger partial charge on any atom is 0.317 e. The highest BCUT2D eigenvalue weighted by Crippen LogP contribution is 2.51. The van der Waals surface area contributed by atoms with E-state index in [0.717, 1.165) is 24.8 Å². The molecular formula is C15H20O5. The van der Waals surface area contributed by atoms with Crippen molar-refractivity contribution < 1.29 is 24.5 Å². The molecule has 4 aliphatic rings. The molecule has 20 heavy (non-hydrogen) atoms. The normalized spacial score (nSPS) is 50.6. The van der Waals surface area contributed by atoms with Gasteiger partial charge in [-0.1, -0.05) is 0 Å². The molecule has 5 heteroatoms. The molecular weight excluding hydrogens is 260 g/mol. The Labute approximate surface area is 117 Å². The molecule has 2 aliphatic carbocycles. The van der Waals surface area contributed by atoms with E-state index in [1.807, 2.05) is 0 Å². The van der Waals surface area contributed by atoms with Crippen LogP contribution in [0.15, 0.2) is 11.8 Å². The number of esters is 1. The molecule has 4 rings (SSSR count). The van der Waals surface area contributed by atoms with Gasteiger partial charge in [0.05, 0.1) is 36.6 Å². The molecule has 0 radical (unpaired) electrons. The van der Waals surface area contributed by atoms with Crippen LogP contribution >= 0.6 is 0 Å². The first-order valence-electron chi connectivity index (χ1n) is 7.57. The molecule has 0 aromatic rings. The second kappa shape index (κ2) is 4.55. The lowest BCUT2D eigenvalue weighted by Crippen LogP contribution is -2.56. The molecule has 0 bridgehead atoms. The minimum absolute atomic E-state index is 0.0130. The summed E-state index contributed by atoms with van der Waals surface area (Å²) in [7, 11) is 0. The van der Waals surface area contributed by atoms with Gasteiger partial charge in [-0.2, -0.15) is 0 Å². The van der Waals surface area contributed by atoms with Crippen molar-refractivity contribution in [3.63, 3.8) is 0 Å². The Balaban J connectivity index is 1.71. The molecule has 1 saturated heterocycles. The second-order valence-corrected chi connectivity index (χ2v) is 6.54. The summed E-state index contributed by atoms with van der Waals surface area (Å²) in [6.07, 6.45) is 4.45. The third kappa shape index (κ3) is 1.76. The Kier molecular flexibility index (Phi) is 2.91. The summed E-state index contributed by atoms with van der Waals surface area (Å²) in [4.78, 5) is 12.0. The maximum absolute atomic E-state index is 12.0. The molecule has 2 saturated carbocycles. The number of carbonyl (C=O) groups is 1. The molecule has 2 heterocycles. The molecule has 2 aliphatic heterocycles. The van der Waals surface area contributed by atoms with Gasteiger partial charge in [0.2, 0.25) is 0 Å². The van der Waals surface area contributed by atoms with Gasteiger partial charge in [0.1, 0.15) is 0 Å². The number of hydrogen-bond donors (Lipinski definition) is 2. The first kappa shape index (κ1) is 12.8. The van der Waals surface area contributed by atoms with Crippen molar-refractivity contribution in [3.05, 3.63) is 11.8 Å². The van der Waals surface area contributed by atoms with E-state index in [2.05, 4.69) is 0 Å². The third-order valence-electron chi connectivity index (χ3n) is 5.45. The molecule has 0 spiro atoms. The largest absolute Gasteiger partial charge is 0.434 e. The fraction of sp³-hybridized carbons (Fsp3) is 0.800. The highest BCUT2D eigenvalue weighted by Gasteiger charge is 2.54. The summed E-state index contributed by atoms with van der Waals surface area (Å²) in [6, 6.07) is 0. The maximum atomic E-state index is 12.0. The fourth-order valence-electron chi connectivity index (χ4n) is 4.52. The van der Waals surface area contributed by atoms with Crippen molar-refractivity contribution in [1.82, 2.24) is 0 Å². The Bertz CT molecular complexity index is 459. The average Bonchev–Trinajstić information content (AvgIpc) is 2.44. The number of hydrogen-bond acceptors (Lipinski definition) is 5. The Morgan fingerprint density at radius 1 is 1.05 bits per heavy atom. The summed E-state index contributed by atoms with van der Waals surface area (Å²) >= 11 is 0.